The highest BCUT2D eigenvalue weighted by Crippen LogP contribution is 2.23. The number of nitrogens with zero attached hydrogens (tertiary/aromatic N) is 1. The van der Waals surface area contributed by atoms with Crippen molar-refractivity contribution in [1.82, 2.24) is 15.2 Å². The second-order valence-electron chi connectivity index (χ2n) is 6.52. The molecule has 1 fully saturated rings. The summed E-state index contributed by atoms with van der Waals surface area (Å²) in [5.41, 5.74) is 2.80. The van der Waals surface area contributed by atoms with E-state index < -0.39 is 16.1 Å². The summed E-state index contributed by atoms with van der Waals surface area (Å²) in [6.07, 6.45) is 1.10. The van der Waals surface area contributed by atoms with Crippen LogP contribution in [0.15, 0.2) is 47.4 Å². The van der Waals surface area contributed by atoms with Crippen LogP contribution in [0.5, 0.6) is 0 Å². The van der Waals surface area contributed by atoms with E-state index in [1.807, 2.05) is 25.1 Å². The van der Waals surface area contributed by atoms with E-state index in [0.717, 1.165) is 5.39 Å². The van der Waals surface area contributed by atoms with Crippen molar-refractivity contribution in [3.63, 3.8) is 0 Å². The maximum Gasteiger partial charge on any atom is 0.252 e. The summed E-state index contributed by atoms with van der Waals surface area (Å²) < 4.78 is 33.9. The lowest BCUT2D eigenvalue weighted by Crippen LogP contribution is -2.55. The maximum atomic E-state index is 13.0. The molecule has 2 N–H and O–H groups in total. The molecule has 0 bridgehead atoms. The molecule has 1 atom stereocenters. The van der Waals surface area contributed by atoms with Gasteiger partial charge < -0.3 is 4.74 Å². The van der Waals surface area contributed by atoms with E-state index in [4.69, 9.17) is 4.74 Å². The molecule has 1 unspecified atom stereocenters. The van der Waals surface area contributed by atoms with Gasteiger partial charge in [-0.3, -0.25) is 10.2 Å². The lowest BCUT2D eigenvalue weighted by molar-refractivity contribution is -0.129. The van der Waals surface area contributed by atoms with Crippen LogP contribution in [0.2, 0.25) is 0 Å². The van der Waals surface area contributed by atoms with Crippen molar-refractivity contribution in [3.05, 3.63) is 42.5 Å². The van der Waals surface area contributed by atoms with Crippen LogP contribution in [0.25, 0.3) is 10.8 Å². The number of carbonyl (C=O) groups is 1. The zero-order chi connectivity index (χ0) is 19.3. The van der Waals surface area contributed by atoms with E-state index in [1.54, 1.807) is 29.3 Å². The number of benzene rings is 2. The molecule has 1 heterocycles. The Morgan fingerprint density at radius 2 is 1.85 bits per heavy atom. The molecule has 2 aromatic carbocycles. The summed E-state index contributed by atoms with van der Waals surface area (Å²) in [5.74, 6) is -0.345. The number of sulfonamides is 1. The average molecular weight is 391 g/mol. The largest absolute Gasteiger partial charge is 0.379 e. The fraction of sp³-hybridized carbons (Fsp3) is 0.421. The third-order valence-electron chi connectivity index (χ3n) is 4.51. The lowest BCUT2D eigenvalue weighted by atomic mass is 10.1. The molecule has 2 aromatic rings. The molecule has 0 aromatic heterocycles. The van der Waals surface area contributed by atoms with Crippen LogP contribution in [0, 0.1) is 0 Å². The van der Waals surface area contributed by atoms with Crippen molar-refractivity contribution < 1.29 is 17.9 Å². The molecule has 0 spiro atoms. The molecule has 0 radical (unpaired) electrons. The van der Waals surface area contributed by atoms with E-state index in [-0.39, 0.29) is 10.8 Å². The minimum Gasteiger partial charge on any atom is -0.379 e. The Balaban J connectivity index is 1.80. The predicted octanol–water partition coefficient (Wildman–Crippen LogP) is 1.65. The van der Waals surface area contributed by atoms with Crippen LogP contribution < -0.4 is 10.1 Å². The smallest absolute Gasteiger partial charge is 0.252 e. The van der Waals surface area contributed by atoms with E-state index in [2.05, 4.69) is 10.1 Å². The molecule has 3 rings (SSSR count). The van der Waals surface area contributed by atoms with Gasteiger partial charge in [0.2, 0.25) is 10.0 Å². The first-order valence-electron chi connectivity index (χ1n) is 9.14. The molecule has 146 valence electrons. The van der Waals surface area contributed by atoms with Gasteiger partial charge in [-0.15, -0.1) is 0 Å². The number of hydrazine groups is 1. The Morgan fingerprint density at radius 1 is 1.15 bits per heavy atom. The number of rotatable bonds is 7. The number of morpholine rings is 1. The Bertz CT molecular complexity index is 889. The minimum atomic E-state index is -3.85. The van der Waals surface area contributed by atoms with Crippen LogP contribution in [-0.2, 0) is 19.6 Å². The second-order valence-corrected chi connectivity index (χ2v) is 8.20. The number of hydrogen-bond acceptors (Lipinski definition) is 5. The van der Waals surface area contributed by atoms with Crippen LogP contribution in [-0.4, -0.2) is 51.7 Å². The summed E-state index contributed by atoms with van der Waals surface area (Å²) in [6.45, 7) is 4.17. The molecular weight excluding hydrogens is 366 g/mol. The van der Waals surface area contributed by atoms with Crippen molar-refractivity contribution >= 4 is 26.7 Å². The number of hydrogen-bond donors (Lipinski definition) is 2. The fourth-order valence-corrected chi connectivity index (χ4v) is 4.58. The van der Waals surface area contributed by atoms with Gasteiger partial charge in [0.25, 0.3) is 5.91 Å². The number of amides is 1. The third kappa shape index (κ3) is 4.84. The maximum absolute atomic E-state index is 13.0. The van der Waals surface area contributed by atoms with Crippen LogP contribution in [0.4, 0.5) is 0 Å². The Morgan fingerprint density at radius 3 is 2.59 bits per heavy atom. The summed E-state index contributed by atoms with van der Waals surface area (Å²) in [4.78, 5) is 12.8. The summed E-state index contributed by atoms with van der Waals surface area (Å²) in [7, 11) is -3.85. The van der Waals surface area contributed by atoms with Gasteiger partial charge in [0.1, 0.15) is 6.04 Å². The number of nitrogens with one attached hydrogen (secondary N) is 2. The highest BCUT2D eigenvalue weighted by molar-refractivity contribution is 7.89. The standard InChI is InChI=1S/C19H25N3O4S/c1-2-6-17(19(23)20-22-11-13-26-14-12-22)21-27(24,25)18-10-5-8-15-7-3-4-9-16(15)18/h3-5,7-10,17,21H,2,6,11-14H2,1H3,(H,20,23). The van der Waals surface area contributed by atoms with E-state index >= 15 is 0 Å². The fourth-order valence-electron chi connectivity index (χ4n) is 3.12. The Labute approximate surface area is 159 Å². The lowest BCUT2D eigenvalue weighted by Gasteiger charge is -2.29. The monoisotopic (exact) mass is 391 g/mol. The molecule has 1 saturated heterocycles. The Hall–Kier alpha value is -2.00. The van der Waals surface area contributed by atoms with E-state index in [1.165, 1.54) is 0 Å². The van der Waals surface area contributed by atoms with Gasteiger partial charge in [-0.2, -0.15) is 4.72 Å². The van der Waals surface area contributed by atoms with Crippen LogP contribution >= 0.6 is 0 Å². The highest BCUT2D eigenvalue weighted by Gasteiger charge is 2.27. The molecule has 1 amide bonds. The van der Waals surface area contributed by atoms with Gasteiger partial charge >= 0.3 is 0 Å². The van der Waals surface area contributed by atoms with Crippen molar-refractivity contribution in [2.45, 2.75) is 30.7 Å². The third-order valence-corrected chi connectivity index (χ3v) is 6.04. The van der Waals surface area contributed by atoms with Gasteiger partial charge in [0, 0.05) is 18.5 Å². The number of fused-ring (bicyclic) bond motifs is 1. The van der Waals surface area contributed by atoms with Gasteiger partial charge in [-0.05, 0) is 17.9 Å². The van der Waals surface area contributed by atoms with E-state index in [9.17, 15) is 13.2 Å². The number of ether oxygens (including phenoxy) is 1. The average Bonchev–Trinajstić information content (AvgIpc) is 2.68. The van der Waals surface area contributed by atoms with Crippen molar-refractivity contribution in [1.29, 1.82) is 0 Å². The quantitative estimate of drug-likeness (QED) is 0.749. The van der Waals surface area contributed by atoms with Gasteiger partial charge in [0.05, 0.1) is 18.1 Å². The molecule has 8 heteroatoms. The predicted molar refractivity (Wildman–Crippen MR) is 104 cm³/mol. The molecule has 0 aliphatic carbocycles. The van der Waals surface area contributed by atoms with Crippen LogP contribution in [0.1, 0.15) is 19.8 Å². The molecule has 0 saturated carbocycles. The van der Waals surface area contributed by atoms with Gasteiger partial charge in [0.15, 0.2) is 0 Å². The van der Waals surface area contributed by atoms with Gasteiger partial charge in [-0.25, -0.2) is 13.4 Å². The normalized spacial score (nSPS) is 16.9. The molecule has 27 heavy (non-hydrogen) atoms. The van der Waals surface area contributed by atoms with E-state index in [0.29, 0.717) is 44.5 Å². The van der Waals surface area contributed by atoms with Crippen molar-refractivity contribution in [2.24, 2.45) is 0 Å². The topological polar surface area (TPSA) is 87.7 Å². The second kappa shape index (κ2) is 8.79. The summed E-state index contributed by atoms with van der Waals surface area (Å²) in [6, 6.07) is 11.6. The SMILES string of the molecule is CCCC(NS(=O)(=O)c1cccc2ccccc12)C(=O)NN1CCOCC1. The Kier molecular flexibility index (Phi) is 6.43. The highest BCUT2D eigenvalue weighted by atomic mass is 32.2. The molecule has 1 aliphatic heterocycles. The minimum absolute atomic E-state index is 0.181. The molecule has 7 nitrogen and oxygen atoms in total. The first-order valence-corrected chi connectivity index (χ1v) is 10.6. The molecular formula is C19H25N3O4S. The summed E-state index contributed by atoms with van der Waals surface area (Å²) in [5, 5.41) is 3.24. The summed E-state index contributed by atoms with van der Waals surface area (Å²) >= 11 is 0. The first-order chi connectivity index (χ1) is 13.0. The van der Waals surface area contributed by atoms with Gasteiger partial charge in [-0.1, -0.05) is 49.7 Å². The van der Waals surface area contributed by atoms with Crippen molar-refractivity contribution in [3.8, 4) is 0 Å². The zero-order valence-corrected chi connectivity index (χ0v) is 16.2. The van der Waals surface area contributed by atoms with Crippen molar-refractivity contribution in [2.75, 3.05) is 26.3 Å². The first kappa shape index (κ1) is 19.8. The number of carbonyl (C=O) groups excluding carboxylic acids is 1. The molecule has 1 aliphatic rings. The zero-order valence-electron chi connectivity index (χ0n) is 15.3. The van der Waals surface area contributed by atoms with Crippen LogP contribution in [0.3, 0.4) is 0 Å².